The SMILES string of the molecule is O=Cc1cccc(OCCOc2nccnc2N2CCNCC2)c1. The summed E-state index contributed by atoms with van der Waals surface area (Å²) in [5.41, 5.74) is 0.586. The van der Waals surface area contributed by atoms with E-state index in [0.29, 0.717) is 30.4 Å². The number of carbonyl (C=O) groups is 1. The second-order valence-corrected chi connectivity index (χ2v) is 5.31. The Labute approximate surface area is 140 Å². The van der Waals surface area contributed by atoms with Gasteiger partial charge in [0.25, 0.3) is 5.88 Å². The second-order valence-electron chi connectivity index (χ2n) is 5.31. The first kappa shape index (κ1) is 16.2. The van der Waals surface area contributed by atoms with Gasteiger partial charge < -0.3 is 19.7 Å². The lowest BCUT2D eigenvalue weighted by Gasteiger charge is -2.28. The van der Waals surface area contributed by atoms with Crippen LogP contribution in [0.1, 0.15) is 10.4 Å². The highest BCUT2D eigenvalue weighted by molar-refractivity contribution is 5.75. The number of aldehydes is 1. The number of rotatable bonds is 7. The normalized spacial score (nSPS) is 14.2. The zero-order valence-corrected chi connectivity index (χ0v) is 13.4. The molecule has 0 atom stereocenters. The summed E-state index contributed by atoms with van der Waals surface area (Å²) in [7, 11) is 0. The summed E-state index contributed by atoms with van der Waals surface area (Å²) in [6, 6.07) is 7.02. The van der Waals surface area contributed by atoms with Crippen molar-refractivity contribution in [3.05, 3.63) is 42.2 Å². The molecule has 0 saturated carbocycles. The number of nitrogens with zero attached hydrogens (tertiary/aromatic N) is 3. The molecule has 0 spiro atoms. The van der Waals surface area contributed by atoms with E-state index in [1.807, 2.05) is 6.07 Å². The number of carbonyl (C=O) groups excluding carboxylic acids is 1. The van der Waals surface area contributed by atoms with Gasteiger partial charge in [0.15, 0.2) is 5.82 Å². The van der Waals surface area contributed by atoms with Crippen molar-refractivity contribution in [2.75, 3.05) is 44.3 Å². The topological polar surface area (TPSA) is 76.6 Å². The smallest absolute Gasteiger partial charge is 0.257 e. The van der Waals surface area contributed by atoms with Crippen LogP contribution in [0.2, 0.25) is 0 Å². The summed E-state index contributed by atoms with van der Waals surface area (Å²) >= 11 is 0. The van der Waals surface area contributed by atoms with E-state index in [1.54, 1.807) is 30.6 Å². The van der Waals surface area contributed by atoms with E-state index < -0.39 is 0 Å². The molecule has 1 aliphatic rings. The van der Waals surface area contributed by atoms with E-state index in [0.717, 1.165) is 38.3 Å². The van der Waals surface area contributed by atoms with Crippen LogP contribution in [0.25, 0.3) is 0 Å². The number of nitrogens with one attached hydrogen (secondary N) is 1. The molecule has 2 aromatic rings. The maximum Gasteiger partial charge on any atom is 0.257 e. The predicted molar refractivity (Wildman–Crippen MR) is 89.9 cm³/mol. The van der Waals surface area contributed by atoms with Crippen LogP contribution in [0.4, 0.5) is 5.82 Å². The molecule has 7 nitrogen and oxygen atoms in total. The van der Waals surface area contributed by atoms with Crippen LogP contribution in [0.3, 0.4) is 0 Å². The molecule has 1 aliphatic heterocycles. The zero-order valence-electron chi connectivity index (χ0n) is 13.4. The fourth-order valence-electron chi connectivity index (χ4n) is 2.49. The van der Waals surface area contributed by atoms with E-state index in [9.17, 15) is 4.79 Å². The summed E-state index contributed by atoms with van der Waals surface area (Å²) < 4.78 is 11.3. The van der Waals surface area contributed by atoms with E-state index in [1.165, 1.54) is 0 Å². The van der Waals surface area contributed by atoms with E-state index in [2.05, 4.69) is 20.2 Å². The largest absolute Gasteiger partial charge is 0.490 e. The van der Waals surface area contributed by atoms with Crippen LogP contribution in [-0.4, -0.2) is 55.6 Å². The molecule has 0 amide bonds. The standard InChI is InChI=1S/C17H20N4O3/c22-13-14-2-1-3-15(12-14)23-10-11-24-17-16(19-4-5-20-17)21-8-6-18-7-9-21/h1-5,12-13,18H,6-11H2. The molecule has 2 heterocycles. The van der Waals surface area contributed by atoms with Gasteiger partial charge in [-0.15, -0.1) is 0 Å². The first-order valence-electron chi connectivity index (χ1n) is 7.94. The molecule has 126 valence electrons. The van der Waals surface area contributed by atoms with Gasteiger partial charge in [0.1, 0.15) is 25.2 Å². The van der Waals surface area contributed by atoms with Gasteiger partial charge in [-0.3, -0.25) is 4.79 Å². The Kier molecular flexibility index (Phi) is 5.57. The minimum Gasteiger partial charge on any atom is -0.490 e. The van der Waals surface area contributed by atoms with Crippen molar-refractivity contribution in [1.82, 2.24) is 15.3 Å². The van der Waals surface area contributed by atoms with Crippen LogP contribution in [-0.2, 0) is 0 Å². The van der Waals surface area contributed by atoms with Crippen LogP contribution >= 0.6 is 0 Å². The fourth-order valence-corrected chi connectivity index (χ4v) is 2.49. The first-order chi connectivity index (χ1) is 11.9. The number of ether oxygens (including phenoxy) is 2. The summed E-state index contributed by atoms with van der Waals surface area (Å²) in [4.78, 5) is 21.6. The monoisotopic (exact) mass is 328 g/mol. The number of piperazine rings is 1. The third kappa shape index (κ3) is 4.20. The lowest BCUT2D eigenvalue weighted by molar-refractivity contribution is 0.112. The molecule has 3 rings (SSSR count). The number of benzene rings is 1. The molecule has 24 heavy (non-hydrogen) atoms. The van der Waals surface area contributed by atoms with Gasteiger partial charge in [0, 0.05) is 44.1 Å². The number of hydrogen-bond donors (Lipinski definition) is 1. The minimum absolute atomic E-state index is 0.350. The average molecular weight is 328 g/mol. The molecule has 1 saturated heterocycles. The molecule has 0 aliphatic carbocycles. The highest BCUT2D eigenvalue weighted by Gasteiger charge is 2.17. The van der Waals surface area contributed by atoms with Crippen molar-refractivity contribution >= 4 is 12.1 Å². The third-order valence-electron chi connectivity index (χ3n) is 3.65. The number of anilines is 1. The van der Waals surface area contributed by atoms with Gasteiger partial charge in [0.2, 0.25) is 0 Å². The summed E-state index contributed by atoms with van der Waals surface area (Å²) in [5.74, 6) is 1.93. The highest BCUT2D eigenvalue weighted by atomic mass is 16.5. The Bertz CT molecular complexity index is 674. The molecule has 1 aromatic carbocycles. The highest BCUT2D eigenvalue weighted by Crippen LogP contribution is 2.22. The van der Waals surface area contributed by atoms with E-state index >= 15 is 0 Å². The Morgan fingerprint density at radius 3 is 2.75 bits per heavy atom. The molecular weight excluding hydrogens is 308 g/mol. The van der Waals surface area contributed by atoms with Crippen LogP contribution < -0.4 is 19.7 Å². The van der Waals surface area contributed by atoms with E-state index in [4.69, 9.17) is 9.47 Å². The van der Waals surface area contributed by atoms with Crippen LogP contribution in [0.15, 0.2) is 36.7 Å². The first-order valence-corrected chi connectivity index (χ1v) is 7.94. The Balaban J connectivity index is 1.54. The summed E-state index contributed by atoms with van der Waals surface area (Å²) in [6.45, 7) is 4.31. The second kappa shape index (κ2) is 8.26. The summed E-state index contributed by atoms with van der Waals surface area (Å²) in [5, 5.41) is 3.31. The third-order valence-corrected chi connectivity index (χ3v) is 3.65. The Hall–Kier alpha value is -2.67. The van der Waals surface area contributed by atoms with Crippen molar-refractivity contribution in [3.63, 3.8) is 0 Å². The van der Waals surface area contributed by atoms with Gasteiger partial charge in [0.05, 0.1) is 0 Å². The summed E-state index contributed by atoms with van der Waals surface area (Å²) in [6.07, 6.45) is 4.09. The average Bonchev–Trinajstić information content (AvgIpc) is 2.66. The van der Waals surface area contributed by atoms with Crippen molar-refractivity contribution < 1.29 is 14.3 Å². The molecule has 0 bridgehead atoms. The number of hydrogen-bond acceptors (Lipinski definition) is 7. The van der Waals surface area contributed by atoms with Crippen LogP contribution in [0.5, 0.6) is 11.6 Å². The van der Waals surface area contributed by atoms with Crippen molar-refractivity contribution in [2.45, 2.75) is 0 Å². The zero-order chi connectivity index (χ0) is 16.6. The minimum atomic E-state index is 0.350. The maximum absolute atomic E-state index is 10.8. The molecular formula is C17H20N4O3. The molecule has 1 fully saturated rings. The lowest BCUT2D eigenvalue weighted by Crippen LogP contribution is -2.44. The predicted octanol–water partition coefficient (Wildman–Crippen LogP) is 1.16. The number of aromatic nitrogens is 2. The lowest BCUT2D eigenvalue weighted by atomic mass is 10.2. The molecule has 1 aromatic heterocycles. The van der Waals surface area contributed by atoms with Gasteiger partial charge in [-0.1, -0.05) is 12.1 Å². The van der Waals surface area contributed by atoms with E-state index in [-0.39, 0.29) is 0 Å². The van der Waals surface area contributed by atoms with Gasteiger partial charge >= 0.3 is 0 Å². The fraction of sp³-hybridized carbons (Fsp3) is 0.353. The van der Waals surface area contributed by atoms with Crippen molar-refractivity contribution in [1.29, 1.82) is 0 Å². The Morgan fingerprint density at radius 1 is 1.12 bits per heavy atom. The van der Waals surface area contributed by atoms with Gasteiger partial charge in [-0.05, 0) is 12.1 Å². The van der Waals surface area contributed by atoms with Gasteiger partial charge in [-0.2, -0.15) is 0 Å². The Morgan fingerprint density at radius 2 is 1.92 bits per heavy atom. The molecule has 0 radical (unpaired) electrons. The van der Waals surface area contributed by atoms with Crippen molar-refractivity contribution in [3.8, 4) is 11.6 Å². The molecule has 0 unspecified atom stereocenters. The van der Waals surface area contributed by atoms with Crippen LogP contribution in [0, 0.1) is 0 Å². The molecule has 7 heteroatoms. The quantitative estimate of drug-likeness (QED) is 0.603. The van der Waals surface area contributed by atoms with Crippen molar-refractivity contribution in [2.24, 2.45) is 0 Å². The van der Waals surface area contributed by atoms with Gasteiger partial charge in [-0.25, -0.2) is 9.97 Å². The maximum atomic E-state index is 10.8. The molecule has 1 N–H and O–H groups in total.